The summed E-state index contributed by atoms with van der Waals surface area (Å²) in [5, 5.41) is 0. The minimum Gasteiger partial charge on any atom is -0.399 e. The Labute approximate surface area is 72.2 Å². The molecule has 0 bridgehead atoms. The number of halogens is 4. The zero-order valence-corrected chi connectivity index (χ0v) is 6.48. The molecule has 13 heavy (non-hydrogen) atoms. The number of nitrogens with two attached hydrogens (primary N) is 1. The third-order valence-electron chi connectivity index (χ3n) is 1.49. The van der Waals surface area contributed by atoms with Gasteiger partial charge in [-0.1, -0.05) is 12.1 Å². The number of rotatable bonds is 1. The van der Waals surface area contributed by atoms with Gasteiger partial charge in [0.25, 0.3) is 0 Å². The fraction of sp³-hybridized carbons (Fsp3) is 0.250. The first-order valence-corrected chi connectivity index (χ1v) is 3.47. The van der Waals surface area contributed by atoms with Gasteiger partial charge in [0, 0.05) is 5.69 Å². The van der Waals surface area contributed by atoms with Gasteiger partial charge in [-0.15, -0.1) is 0 Å². The normalized spacial score (nSPS) is 14.2. The fourth-order valence-corrected chi connectivity index (χ4v) is 0.906. The first-order chi connectivity index (χ1) is 5.91. The van der Waals surface area contributed by atoms with Crippen LogP contribution in [-0.4, -0.2) is 6.18 Å². The number of anilines is 1. The van der Waals surface area contributed by atoms with Crippen molar-refractivity contribution in [3.05, 3.63) is 29.8 Å². The molecule has 1 aromatic rings. The summed E-state index contributed by atoms with van der Waals surface area (Å²) in [5.41, 5.74) is 4.86. The van der Waals surface area contributed by atoms with Crippen LogP contribution in [0, 0.1) is 0 Å². The molecule has 1 aromatic carbocycles. The van der Waals surface area contributed by atoms with Crippen LogP contribution in [0.15, 0.2) is 24.3 Å². The summed E-state index contributed by atoms with van der Waals surface area (Å²) in [5.74, 6) is 0. The summed E-state index contributed by atoms with van der Waals surface area (Å²) in [7, 11) is 0. The average Bonchev–Trinajstić information content (AvgIpc) is 2.01. The van der Waals surface area contributed by atoms with E-state index in [4.69, 9.17) is 5.73 Å². The quantitative estimate of drug-likeness (QED) is 0.538. The summed E-state index contributed by atoms with van der Waals surface area (Å²) < 4.78 is 48.2. The van der Waals surface area contributed by atoms with Crippen LogP contribution in [0.5, 0.6) is 0 Å². The van der Waals surface area contributed by atoms with E-state index in [1.165, 1.54) is 12.1 Å². The third kappa shape index (κ3) is 2.34. The number of hydrogen-bond donors (Lipinski definition) is 1. The highest BCUT2D eigenvalue weighted by atomic mass is 19.4. The maximum absolute atomic E-state index is 12.6. The van der Waals surface area contributed by atoms with Gasteiger partial charge in [-0.2, -0.15) is 13.2 Å². The minimum absolute atomic E-state index is 0.115. The number of hydrogen-bond acceptors (Lipinski definition) is 1. The zero-order chi connectivity index (χ0) is 10.1. The van der Waals surface area contributed by atoms with E-state index in [0.717, 1.165) is 12.1 Å². The van der Waals surface area contributed by atoms with Crippen LogP contribution >= 0.6 is 0 Å². The standard InChI is InChI=1S/C8H7F4N/c9-7(8(10,11)12)5-2-1-3-6(13)4-5/h1-4,7H,13H2. The molecule has 0 aliphatic rings. The lowest BCUT2D eigenvalue weighted by molar-refractivity contribution is -0.182. The molecular formula is C8H7F4N. The molecular weight excluding hydrogens is 186 g/mol. The van der Waals surface area contributed by atoms with Crippen molar-refractivity contribution in [2.24, 2.45) is 0 Å². The van der Waals surface area contributed by atoms with Crippen LogP contribution in [0.2, 0.25) is 0 Å². The molecule has 1 nitrogen and oxygen atoms in total. The molecule has 0 aliphatic heterocycles. The van der Waals surface area contributed by atoms with Gasteiger partial charge in [0.1, 0.15) is 0 Å². The molecule has 0 aromatic heterocycles. The van der Waals surface area contributed by atoms with Gasteiger partial charge in [-0.05, 0) is 17.7 Å². The van der Waals surface area contributed by atoms with E-state index >= 15 is 0 Å². The Balaban J connectivity index is 2.96. The van der Waals surface area contributed by atoms with Crippen LogP contribution in [0.1, 0.15) is 11.7 Å². The highest BCUT2D eigenvalue weighted by Gasteiger charge is 2.41. The Morgan fingerprint density at radius 3 is 2.31 bits per heavy atom. The van der Waals surface area contributed by atoms with Crippen molar-refractivity contribution in [3.63, 3.8) is 0 Å². The predicted octanol–water partition coefficient (Wildman–Crippen LogP) is 2.84. The first-order valence-electron chi connectivity index (χ1n) is 3.47. The maximum Gasteiger partial charge on any atom is 0.423 e. The van der Waals surface area contributed by atoms with E-state index in [-0.39, 0.29) is 5.69 Å². The fourth-order valence-electron chi connectivity index (χ4n) is 0.906. The van der Waals surface area contributed by atoms with Gasteiger partial charge in [0.15, 0.2) is 0 Å². The SMILES string of the molecule is Nc1cccc(C(F)C(F)(F)F)c1. The molecule has 0 heterocycles. The van der Waals surface area contributed by atoms with E-state index in [1.807, 2.05) is 0 Å². The van der Waals surface area contributed by atoms with Gasteiger partial charge in [-0.3, -0.25) is 0 Å². The van der Waals surface area contributed by atoms with Crippen molar-refractivity contribution in [1.82, 2.24) is 0 Å². The van der Waals surface area contributed by atoms with Crippen molar-refractivity contribution in [2.45, 2.75) is 12.3 Å². The number of nitrogen functional groups attached to an aromatic ring is 1. The van der Waals surface area contributed by atoms with E-state index in [2.05, 4.69) is 0 Å². The van der Waals surface area contributed by atoms with Crippen LogP contribution < -0.4 is 5.73 Å². The average molecular weight is 193 g/mol. The molecule has 0 aliphatic carbocycles. The molecule has 2 N–H and O–H groups in total. The highest BCUT2D eigenvalue weighted by molar-refractivity contribution is 5.41. The summed E-state index contributed by atoms with van der Waals surface area (Å²) in [6.07, 6.45) is -7.83. The molecule has 1 atom stereocenters. The van der Waals surface area contributed by atoms with Crippen molar-refractivity contribution in [2.75, 3.05) is 5.73 Å². The largest absolute Gasteiger partial charge is 0.423 e. The molecule has 1 rings (SSSR count). The molecule has 0 amide bonds. The predicted molar refractivity (Wildman–Crippen MR) is 40.8 cm³/mol. The van der Waals surface area contributed by atoms with Crippen LogP contribution in [-0.2, 0) is 0 Å². The lowest BCUT2D eigenvalue weighted by Crippen LogP contribution is -2.16. The monoisotopic (exact) mass is 193 g/mol. The summed E-state index contributed by atoms with van der Waals surface area (Å²) >= 11 is 0. The molecule has 0 radical (unpaired) electrons. The van der Waals surface area contributed by atoms with Gasteiger partial charge >= 0.3 is 6.18 Å². The Bertz CT molecular complexity index is 294. The third-order valence-corrected chi connectivity index (χ3v) is 1.49. The molecule has 0 saturated heterocycles. The molecule has 1 unspecified atom stereocenters. The lowest BCUT2D eigenvalue weighted by atomic mass is 10.1. The van der Waals surface area contributed by atoms with Crippen molar-refractivity contribution < 1.29 is 17.6 Å². The molecule has 0 saturated carbocycles. The Hall–Kier alpha value is -1.26. The zero-order valence-electron chi connectivity index (χ0n) is 6.48. The van der Waals surface area contributed by atoms with E-state index in [9.17, 15) is 17.6 Å². The second-order valence-electron chi connectivity index (χ2n) is 2.57. The summed E-state index contributed by atoms with van der Waals surface area (Å²) in [6, 6.07) is 4.70. The van der Waals surface area contributed by atoms with Crippen LogP contribution in [0.3, 0.4) is 0 Å². The highest BCUT2D eigenvalue weighted by Crippen LogP contribution is 2.36. The van der Waals surface area contributed by atoms with Gasteiger partial charge in [0.05, 0.1) is 0 Å². The Morgan fingerprint density at radius 2 is 1.85 bits per heavy atom. The van der Waals surface area contributed by atoms with Gasteiger partial charge < -0.3 is 5.73 Å². The number of benzene rings is 1. The van der Waals surface area contributed by atoms with Gasteiger partial charge in [-0.25, -0.2) is 4.39 Å². The second-order valence-corrected chi connectivity index (χ2v) is 2.57. The Kier molecular flexibility index (Phi) is 2.45. The minimum atomic E-state index is -4.87. The number of alkyl halides is 4. The molecule has 0 spiro atoms. The lowest BCUT2D eigenvalue weighted by Gasteiger charge is -2.12. The molecule has 5 heteroatoms. The van der Waals surface area contributed by atoms with Crippen molar-refractivity contribution >= 4 is 5.69 Å². The maximum atomic E-state index is 12.6. The van der Waals surface area contributed by atoms with Crippen molar-refractivity contribution in [3.8, 4) is 0 Å². The van der Waals surface area contributed by atoms with Crippen LogP contribution in [0.25, 0.3) is 0 Å². The second kappa shape index (κ2) is 3.24. The molecule has 0 fully saturated rings. The molecule has 72 valence electrons. The summed E-state index contributed by atoms with van der Waals surface area (Å²) in [6.45, 7) is 0. The van der Waals surface area contributed by atoms with E-state index in [1.54, 1.807) is 0 Å². The smallest absolute Gasteiger partial charge is 0.399 e. The van der Waals surface area contributed by atoms with Gasteiger partial charge in [0.2, 0.25) is 6.17 Å². The van der Waals surface area contributed by atoms with E-state index < -0.39 is 17.9 Å². The topological polar surface area (TPSA) is 26.0 Å². The van der Waals surface area contributed by atoms with Crippen molar-refractivity contribution in [1.29, 1.82) is 0 Å². The Morgan fingerprint density at radius 1 is 1.23 bits per heavy atom. The summed E-state index contributed by atoms with van der Waals surface area (Å²) in [4.78, 5) is 0. The first kappa shape index (κ1) is 9.83. The van der Waals surface area contributed by atoms with E-state index in [0.29, 0.717) is 0 Å². The van der Waals surface area contributed by atoms with Crippen LogP contribution in [0.4, 0.5) is 23.2 Å².